The Labute approximate surface area is 219 Å². The van der Waals surface area contributed by atoms with E-state index in [2.05, 4.69) is 79.6 Å². The highest BCUT2D eigenvalue weighted by molar-refractivity contribution is 9.10. The Morgan fingerprint density at radius 3 is 2.53 bits per heavy atom. The smallest absolute Gasteiger partial charge is 0.241 e. The standard InChI is InChI=1S/C29H29BrN4O2/c1-20-9-11-22(12-10-20)27(21-6-3-2-4-7-21)32-29(35)24-8-5-17-34(18-24)19-26-31-28(33-36-26)23-13-15-25(30)16-14-23/h2-4,6-7,9-16,24,27H,5,8,17-19H2,1H3,(H,32,35). The summed E-state index contributed by atoms with van der Waals surface area (Å²) in [5.41, 5.74) is 4.27. The number of likely N-dealkylation sites (tertiary alicyclic amines) is 1. The van der Waals surface area contributed by atoms with Gasteiger partial charge in [-0.05, 0) is 61.7 Å². The van der Waals surface area contributed by atoms with Crippen molar-refractivity contribution in [3.8, 4) is 11.4 Å². The van der Waals surface area contributed by atoms with E-state index >= 15 is 0 Å². The second kappa shape index (κ2) is 11.2. The average molecular weight is 545 g/mol. The maximum Gasteiger partial charge on any atom is 0.241 e. The van der Waals surface area contributed by atoms with Crippen molar-refractivity contribution >= 4 is 21.8 Å². The third kappa shape index (κ3) is 5.91. The molecule has 1 aliphatic rings. The first-order valence-electron chi connectivity index (χ1n) is 12.3. The van der Waals surface area contributed by atoms with E-state index in [9.17, 15) is 4.79 Å². The Morgan fingerprint density at radius 2 is 1.78 bits per heavy atom. The zero-order valence-electron chi connectivity index (χ0n) is 20.2. The minimum absolute atomic E-state index is 0.0789. The van der Waals surface area contributed by atoms with Crippen molar-refractivity contribution in [2.75, 3.05) is 13.1 Å². The van der Waals surface area contributed by atoms with Crippen LogP contribution in [-0.4, -0.2) is 34.0 Å². The number of carbonyl (C=O) groups excluding carboxylic acids is 1. The van der Waals surface area contributed by atoms with Crippen LogP contribution >= 0.6 is 15.9 Å². The van der Waals surface area contributed by atoms with Crippen molar-refractivity contribution in [2.45, 2.75) is 32.4 Å². The molecule has 2 unspecified atom stereocenters. The molecule has 1 amide bonds. The molecule has 1 saturated heterocycles. The first kappa shape index (κ1) is 24.4. The second-order valence-corrected chi connectivity index (χ2v) is 10.3. The topological polar surface area (TPSA) is 71.3 Å². The van der Waals surface area contributed by atoms with Gasteiger partial charge in [-0.15, -0.1) is 0 Å². The summed E-state index contributed by atoms with van der Waals surface area (Å²) in [7, 11) is 0. The zero-order chi connectivity index (χ0) is 24.9. The number of hydrogen-bond acceptors (Lipinski definition) is 5. The fourth-order valence-corrected chi connectivity index (χ4v) is 4.93. The number of hydrogen-bond donors (Lipinski definition) is 1. The van der Waals surface area contributed by atoms with Crippen molar-refractivity contribution in [2.24, 2.45) is 5.92 Å². The maximum atomic E-state index is 13.4. The van der Waals surface area contributed by atoms with Crippen LogP contribution in [-0.2, 0) is 11.3 Å². The van der Waals surface area contributed by atoms with Crippen LogP contribution in [0.4, 0.5) is 0 Å². The summed E-state index contributed by atoms with van der Waals surface area (Å²) in [6.45, 7) is 4.17. The van der Waals surface area contributed by atoms with Gasteiger partial charge >= 0.3 is 0 Å². The molecule has 2 heterocycles. The zero-order valence-corrected chi connectivity index (χ0v) is 21.8. The van der Waals surface area contributed by atoms with Gasteiger partial charge < -0.3 is 9.84 Å². The van der Waals surface area contributed by atoms with Gasteiger partial charge in [0.05, 0.1) is 18.5 Å². The highest BCUT2D eigenvalue weighted by Gasteiger charge is 2.29. The van der Waals surface area contributed by atoms with Crippen LogP contribution in [0.25, 0.3) is 11.4 Å². The van der Waals surface area contributed by atoms with Crippen molar-refractivity contribution in [3.05, 3.63) is 106 Å². The maximum absolute atomic E-state index is 13.4. The molecular weight excluding hydrogens is 516 g/mol. The summed E-state index contributed by atoms with van der Waals surface area (Å²) >= 11 is 3.45. The van der Waals surface area contributed by atoms with Gasteiger partial charge in [-0.1, -0.05) is 81.2 Å². The molecule has 6 nitrogen and oxygen atoms in total. The first-order chi connectivity index (χ1) is 17.5. The van der Waals surface area contributed by atoms with Crippen LogP contribution in [0.15, 0.2) is 87.9 Å². The van der Waals surface area contributed by atoms with Gasteiger partial charge in [-0.3, -0.25) is 9.69 Å². The van der Waals surface area contributed by atoms with E-state index in [1.54, 1.807) is 0 Å². The lowest BCUT2D eigenvalue weighted by Gasteiger charge is -2.32. The molecule has 5 rings (SSSR count). The normalized spacial score (nSPS) is 17.0. The quantitative estimate of drug-likeness (QED) is 0.312. The Morgan fingerprint density at radius 1 is 1.06 bits per heavy atom. The van der Waals surface area contributed by atoms with E-state index in [0.29, 0.717) is 24.8 Å². The summed E-state index contributed by atoms with van der Waals surface area (Å²) in [5.74, 6) is 1.13. The molecule has 0 radical (unpaired) electrons. The molecule has 7 heteroatoms. The predicted octanol–water partition coefficient (Wildman–Crippen LogP) is 5.93. The number of aromatic nitrogens is 2. The molecule has 1 aliphatic heterocycles. The highest BCUT2D eigenvalue weighted by atomic mass is 79.9. The number of rotatable bonds is 7. The Bertz CT molecular complexity index is 1290. The lowest BCUT2D eigenvalue weighted by atomic mass is 9.94. The summed E-state index contributed by atoms with van der Waals surface area (Å²) in [5, 5.41) is 7.47. The van der Waals surface area contributed by atoms with E-state index in [1.807, 2.05) is 42.5 Å². The highest BCUT2D eigenvalue weighted by Crippen LogP contribution is 2.26. The summed E-state index contributed by atoms with van der Waals surface area (Å²) < 4.78 is 6.53. The molecule has 36 heavy (non-hydrogen) atoms. The molecule has 2 atom stereocenters. The number of carbonyl (C=O) groups is 1. The molecule has 0 bridgehead atoms. The second-order valence-electron chi connectivity index (χ2n) is 9.36. The number of benzene rings is 3. The minimum atomic E-state index is -0.181. The Hall–Kier alpha value is -3.29. The molecule has 4 aromatic rings. The molecule has 0 saturated carbocycles. The first-order valence-corrected chi connectivity index (χ1v) is 13.1. The summed E-state index contributed by atoms with van der Waals surface area (Å²) in [6.07, 6.45) is 1.82. The SMILES string of the molecule is Cc1ccc(C(NC(=O)C2CCCN(Cc3nc(-c4ccc(Br)cc4)no3)C2)c2ccccc2)cc1. The van der Waals surface area contributed by atoms with Crippen LogP contribution in [0, 0.1) is 12.8 Å². The molecule has 0 aliphatic carbocycles. The molecule has 184 valence electrons. The van der Waals surface area contributed by atoms with Crippen molar-refractivity contribution in [1.29, 1.82) is 0 Å². The third-order valence-corrected chi connectivity index (χ3v) is 7.16. The molecule has 1 aromatic heterocycles. The Kier molecular flexibility index (Phi) is 7.58. The van der Waals surface area contributed by atoms with Gasteiger partial charge in [0.25, 0.3) is 0 Å². The number of nitrogens with zero attached hydrogens (tertiary/aromatic N) is 3. The Balaban J connectivity index is 1.25. The van der Waals surface area contributed by atoms with Gasteiger partial charge in [0.1, 0.15) is 0 Å². The third-order valence-electron chi connectivity index (χ3n) is 6.64. The number of aryl methyl sites for hydroxylation is 1. The van der Waals surface area contributed by atoms with Crippen molar-refractivity contribution < 1.29 is 9.32 Å². The molecule has 0 spiro atoms. The van der Waals surface area contributed by atoms with Crippen molar-refractivity contribution in [1.82, 2.24) is 20.4 Å². The number of piperidine rings is 1. The van der Waals surface area contributed by atoms with Crippen LogP contribution in [0.2, 0.25) is 0 Å². The average Bonchev–Trinajstić information content (AvgIpc) is 3.37. The van der Waals surface area contributed by atoms with Gasteiger partial charge in [0, 0.05) is 16.6 Å². The number of halogens is 1. The minimum Gasteiger partial charge on any atom is -0.345 e. The predicted molar refractivity (Wildman–Crippen MR) is 143 cm³/mol. The van der Waals surface area contributed by atoms with Gasteiger partial charge in [0.15, 0.2) is 0 Å². The number of nitrogens with one attached hydrogen (secondary N) is 1. The van der Waals surface area contributed by atoms with Crippen molar-refractivity contribution in [3.63, 3.8) is 0 Å². The van der Waals surface area contributed by atoms with Crippen LogP contribution in [0.3, 0.4) is 0 Å². The van der Waals surface area contributed by atoms with Crippen LogP contribution in [0.1, 0.15) is 41.5 Å². The van der Waals surface area contributed by atoms with E-state index in [1.165, 1.54) is 5.56 Å². The summed E-state index contributed by atoms with van der Waals surface area (Å²) in [6, 6.07) is 26.2. The molecule has 1 fully saturated rings. The van der Waals surface area contributed by atoms with E-state index in [4.69, 9.17) is 4.52 Å². The molecule has 3 aromatic carbocycles. The number of amides is 1. The van der Waals surface area contributed by atoms with E-state index < -0.39 is 0 Å². The van der Waals surface area contributed by atoms with Crippen LogP contribution in [0.5, 0.6) is 0 Å². The lowest BCUT2D eigenvalue weighted by molar-refractivity contribution is -0.127. The monoisotopic (exact) mass is 544 g/mol. The molecule has 1 N–H and O–H groups in total. The fourth-order valence-electron chi connectivity index (χ4n) is 4.66. The van der Waals surface area contributed by atoms with Gasteiger partial charge in [-0.25, -0.2) is 0 Å². The van der Waals surface area contributed by atoms with Gasteiger partial charge in [-0.2, -0.15) is 4.98 Å². The largest absolute Gasteiger partial charge is 0.345 e. The van der Waals surface area contributed by atoms with E-state index in [0.717, 1.165) is 40.5 Å². The summed E-state index contributed by atoms with van der Waals surface area (Å²) in [4.78, 5) is 20.2. The van der Waals surface area contributed by atoms with Gasteiger partial charge in [0.2, 0.25) is 17.6 Å². The van der Waals surface area contributed by atoms with Crippen LogP contribution < -0.4 is 5.32 Å². The fraction of sp³-hybridized carbons (Fsp3) is 0.276. The van der Waals surface area contributed by atoms with E-state index in [-0.39, 0.29) is 17.9 Å². The lowest BCUT2D eigenvalue weighted by Crippen LogP contribution is -2.43. The molecular formula is C29H29BrN4O2.